The molecule has 4 nitrogen and oxygen atoms in total. The van der Waals surface area contributed by atoms with Gasteiger partial charge in [0.25, 0.3) is 0 Å². The van der Waals surface area contributed by atoms with E-state index in [0.717, 1.165) is 24.0 Å². The zero-order valence-electron chi connectivity index (χ0n) is 19.9. The van der Waals surface area contributed by atoms with Crippen LogP contribution in [0.3, 0.4) is 0 Å². The average molecular weight is 566 g/mol. The number of rotatable bonds is 11. The van der Waals surface area contributed by atoms with E-state index in [9.17, 15) is 9.59 Å². The molecule has 0 aliphatic carbocycles. The van der Waals surface area contributed by atoms with Gasteiger partial charge in [0.05, 0.1) is 26.5 Å². The Labute approximate surface area is 232 Å². The third kappa shape index (κ3) is 8.14. The van der Waals surface area contributed by atoms with Gasteiger partial charge in [0.1, 0.15) is 6.04 Å². The fraction of sp³-hybridized carbons (Fsp3) is 0.286. The number of hydrogen-bond donors (Lipinski definition) is 1. The second kappa shape index (κ2) is 13.9. The SMILES string of the molecule is CCCCNC(=O)C(Cc1ccccc1)N(Cc1ccc(Cl)c(Cl)c1)C(=O)Cc1ccc(Cl)c(Cl)c1. The molecule has 190 valence electrons. The number of nitrogens with one attached hydrogen (secondary N) is 1. The Hall–Kier alpha value is -2.24. The average Bonchev–Trinajstić information content (AvgIpc) is 2.86. The molecule has 0 heterocycles. The van der Waals surface area contributed by atoms with Gasteiger partial charge in [0.15, 0.2) is 0 Å². The lowest BCUT2D eigenvalue weighted by molar-refractivity contribution is -0.140. The second-order valence-electron chi connectivity index (χ2n) is 8.55. The van der Waals surface area contributed by atoms with Crippen LogP contribution in [0.15, 0.2) is 66.7 Å². The molecular formula is C28H28Cl4N2O2. The molecule has 1 unspecified atom stereocenters. The lowest BCUT2D eigenvalue weighted by atomic mass is 10.0. The maximum absolute atomic E-state index is 13.7. The Kier molecular flexibility index (Phi) is 10.9. The van der Waals surface area contributed by atoms with Crippen LogP contribution in [0, 0.1) is 0 Å². The summed E-state index contributed by atoms with van der Waals surface area (Å²) in [6.45, 7) is 2.79. The molecular weight excluding hydrogens is 538 g/mol. The first-order valence-corrected chi connectivity index (χ1v) is 13.3. The molecule has 0 spiro atoms. The van der Waals surface area contributed by atoms with Crippen molar-refractivity contribution in [3.63, 3.8) is 0 Å². The standard InChI is InChI=1S/C28H28Cl4N2O2/c1-2-3-13-33-28(36)26(16-19-7-5-4-6-8-19)34(18-21-10-12-23(30)25(32)15-21)27(35)17-20-9-11-22(29)24(31)14-20/h4-12,14-15,26H,2-3,13,16-18H2,1H3,(H,33,36). The van der Waals surface area contributed by atoms with Crippen molar-refractivity contribution >= 4 is 58.2 Å². The summed E-state index contributed by atoms with van der Waals surface area (Å²) in [4.78, 5) is 28.8. The summed E-state index contributed by atoms with van der Waals surface area (Å²) in [6.07, 6.45) is 2.24. The second-order valence-corrected chi connectivity index (χ2v) is 10.2. The van der Waals surface area contributed by atoms with Crippen LogP contribution in [0.25, 0.3) is 0 Å². The number of unbranched alkanes of at least 4 members (excludes halogenated alkanes) is 1. The number of carbonyl (C=O) groups excluding carboxylic acids is 2. The zero-order valence-corrected chi connectivity index (χ0v) is 23.0. The number of carbonyl (C=O) groups is 2. The minimum Gasteiger partial charge on any atom is -0.354 e. The van der Waals surface area contributed by atoms with Gasteiger partial charge in [-0.05, 0) is 47.4 Å². The van der Waals surface area contributed by atoms with Gasteiger partial charge in [-0.1, -0.05) is 102 Å². The van der Waals surface area contributed by atoms with Gasteiger partial charge in [-0.15, -0.1) is 0 Å². The van der Waals surface area contributed by atoms with E-state index in [1.54, 1.807) is 35.2 Å². The highest BCUT2D eigenvalue weighted by Crippen LogP contribution is 2.26. The lowest BCUT2D eigenvalue weighted by Gasteiger charge is -2.32. The number of nitrogens with zero attached hydrogens (tertiary/aromatic N) is 1. The van der Waals surface area contributed by atoms with Crippen molar-refractivity contribution in [3.05, 3.63) is 104 Å². The fourth-order valence-corrected chi connectivity index (χ4v) is 4.46. The molecule has 3 aromatic rings. The summed E-state index contributed by atoms with van der Waals surface area (Å²) in [7, 11) is 0. The molecule has 0 bridgehead atoms. The molecule has 3 aromatic carbocycles. The van der Waals surface area contributed by atoms with Crippen LogP contribution < -0.4 is 5.32 Å². The molecule has 0 saturated carbocycles. The van der Waals surface area contributed by atoms with E-state index >= 15 is 0 Å². The Bertz CT molecular complexity index is 1190. The van der Waals surface area contributed by atoms with Gasteiger partial charge in [-0.25, -0.2) is 0 Å². The Morgan fingerprint density at radius 2 is 1.42 bits per heavy atom. The monoisotopic (exact) mass is 564 g/mol. The minimum atomic E-state index is -0.728. The van der Waals surface area contributed by atoms with E-state index < -0.39 is 6.04 Å². The number of amides is 2. The Balaban J connectivity index is 1.97. The molecule has 3 rings (SSSR count). The topological polar surface area (TPSA) is 49.4 Å². The van der Waals surface area contributed by atoms with Crippen LogP contribution in [0.2, 0.25) is 20.1 Å². The van der Waals surface area contributed by atoms with Gasteiger partial charge in [0, 0.05) is 19.5 Å². The molecule has 0 saturated heterocycles. The quantitative estimate of drug-likeness (QED) is 0.246. The predicted molar refractivity (Wildman–Crippen MR) is 149 cm³/mol. The van der Waals surface area contributed by atoms with Gasteiger partial charge in [0.2, 0.25) is 11.8 Å². The largest absolute Gasteiger partial charge is 0.354 e. The van der Waals surface area contributed by atoms with Crippen LogP contribution in [0.5, 0.6) is 0 Å². The van der Waals surface area contributed by atoms with Crippen LogP contribution in [-0.2, 0) is 29.0 Å². The van der Waals surface area contributed by atoms with E-state index in [1.165, 1.54) is 0 Å². The number of benzene rings is 3. The van der Waals surface area contributed by atoms with E-state index in [2.05, 4.69) is 12.2 Å². The third-order valence-electron chi connectivity index (χ3n) is 5.78. The molecule has 0 aliphatic heterocycles. The smallest absolute Gasteiger partial charge is 0.243 e. The summed E-state index contributed by atoms with van der Waals surface area (Å²) >= 11 is 24.6. The molecule has 0 aliphatic rings. The molecule has 1 atom stereocenters. The highest BCUT2D eigenvalue weighted by Gasteiger charge is 2.30. The highest BCUT2D eigenvalue weighted by molar-refractivity contribution is 6.42. The van der Waals surface area contributed by atoms with Gasteiger partial charge >= 0.3 is 0 Å². The van der Waals surface area contributed by atoms with Gasteiger partial charge in [-0.3, -0.25) is 9.59 Å². The van der Waals surface area contributed by atoms with E-state index in [-0.39, 0.29) is 24.8 Å². The first kappa shape index (κ1) is 28.3. The molecule has 2 amide bonds. The zero-order chi connectivity index (χ0) is 26.1. The molecule has 36 heavy (non-hydrogen) atoms. The first-order chi connectivity index (χ1) is 17.3. The van der Waals surface area contributed by atoms with Crippen LogP contribution in [0.4, 0.5) is 0 Å². The lowest BCUT2D eigenvalue weighted by Crippen LogP contribution is -2.51. The van der Waals surface area contributed by atoms with Crippen LogP contribution in [0.1, 0.15) is 36.5 Å². The van der Waals surface area contributed by atoms with Crippen LogP contribution in [-0.4, -0.2) is 29.3 Å². The maximum Gasteiger partial charge on any atom is 0.243 e. The predicted octanol–water partition coefficient (Wildman–Crippen LogP) is 7.40. The van der Waals surface area contributed by atoms with Gasteiger partial charge < -0.3 is 10.2 Å². The van der Waals surface area contributed by atoms with Crippen LogP contribution >= 0.6 is 46.4 Å². The molecule has 0 fully saturated rings. The number of halogens is 4. The van der Waals surface area contributed by atoms with Crippen molar-refractivity contribution in [1.29, 1.82) is 0 Å². The summed E-state index contributed by atoms with van der Waals surface area (Å²) < 4.78 is 0. The Morgan fingerprint density at radius 1 is 0.806 bits per heavy atom. The first-order valence-electron chi connectivity index (χ1n) is 11.8. The highest BCUT2D eigenvalue weighted by atomic mass is 35.5. The molecule has 0 aromatic heterocycles. The van der Waals surface area contributed by atoms with Crippen molar-refractivity contribution in [3.8, 4) is 0 Å². The van der Waals surface area contributed by atoms with Gasteiger partial charge in [-0.2, -0.15) is 0 Å². The normalized spacial score (nSPS) is 11.7. The van der Waals surface area contributed by atoms with Crippen molar-refractivity contribution in [2.75, 3.05) is 6.54 Å². The molecule has 1 N–H and O–H groups in total. The van der Waals surface area contributed by atoms with Crippen molar-refractivity contribution < 1.29 is 9.59 Å². The van der Waals surface area contributed by atoms with E-state index in [4.69, 9.17) is 46.4 Å². The van der Waals surface area contributed by atoms with Crippen molar-refractivity contribution in [2.45, 2.75) is 45.2 Å². The fourth-order valence-electron chi connectivity index (χ4n) is 3.82. The third-order valence-corrected chi connectivity index (χ3v) is 7.26. The van der Waals surface area contributed by atoms with Crippen molar-refractivity contribution in [1.82, 2.24) is 10.2 Å². The minimum absolute atomic E-state index is 0.0613. The van der Waals surface area contributed by atoms with E-state index in [1.807, 2.05) is 36.4 Å². The Morgan fingerprint density at radius 3 is 2.03 bits per heavy atom. The summed E-state index contributed by atoms with van der Waals surface area (Å²) in [5.41, 5.74) is 2.43. The summed E-state index contributed by atoms with van der Waals surface area (Å²) in [6, 6.07) is 19.2. The summed E-state index contributed by atoms with van der Waals surface area (Å²) in [5.74, 6) is -0.416. The molecule has 0 radical (unpaired) electrons. The number of hydrogen-bond acceptors (Lipinski definition) is 2. The van der Waals surface area contributed by atoms with Crippen molar-refractivity contribution in [2.24, 2.45) is 0 Å². The molecule has 8 heteroatoms. The van der Waals surface area contributed by atoms with E-state index in [0.29, 0.717) is 38.6 Å². The summed E-state index contributed by atoms with van der Waals surface area (Å²) in [5, 5.41) is 4.60. The maximum atomic E-state index is 13.7.